The van der Waals surface area contributed by atoms with E-state index >= 15 is 0 Å². The number of fused-ring (bicyclic) bond motifs is 2. The zero-order valence-electron chi connectivity index (χ0n) is 20.4. The highest BCUT2D eigenvalue weighted by Crippen LogP contribution is 2.48. The molecule has 1 N–H and O–H groups in total. The van der Waals surface area contributed by atoms with Gasteiger partial charge in [-0.25, -0.2) is 0 Å². The fraction of sp³-hybridized carbons (Fsp3) is 0.0952. The molecule has 1 aliphatic rings. The first-order chi connectivity index (χ1) is 15.0. The van der Waals surface area contributed by atoms with Gasteiger partial charge in [-0.3, -0.25) is 4.79 Å². The molecule has 4 rings (SSSR count). The predicted molar refractivity (Wildman–Crippen MR) is 95.9 cm³/mol. The van der Waals surface area contributed by atoms with Crippen molar-refractivity contribution in [3.63, 3.8) is 0 Å². The Morgan fingerprint density at radius 3 is 2.58 bits per heavy atom. The lowest BCUT2D eigenvalue weighted by Crippen LogP contribution is -2.26. The Bertz CT molecular complexity index is 1240. The molecule has 1 unspecified atom stereocenters. The Balaban J connectivity index is 2.16. The summed E-state index contributed by atoms with van der Waals surface area (Å²) in [4.78, 5) is 13.5. The van der Waals surface area contributed by atoms with Gasteiger partial charge in [0.15, 0.2) is 0 Å². The van der Waals surface area contributed by atoms with Crippen LogP contribution in [-0.4, -0.2) is 18.1 Å². The van der Waals surface area contributed by atoms with Gasteiger partial charge >= 0.3 is 5.97 Å². The average molecular weight is 323 g/mol. The molecule has 0 fully saturated rings. The monoisotopic (exact) mass is 323 g/mol. The third kappa shape index (κ3) is 2.09. The minimum absolute atomic E-state index is 0.0633. The Labute approximate surface area is 152 Å². The van der Waals surface area contributed by atoms with Crippen LogP contribution < -0.4 is 4.90 Å². The molecule has 0 bridgehead atoms. The summed E-state index contributed by atoms with van der Waals surface area (Å²) in [7, 11) is 0. The van der Waals surface area contributed by atoms with E-state index in [4.69, 9.17) is 11.0 Å². The van der Waals surface area contributed by atoms with Gasteiger partial charge in [0.2, 0.25) is 0 Å². The van der Waals surface area contributed by atoms with E-state index in [0.29, 0.717) is 0 Å². The Morgan fingerprint density at radius 1 is 1.08 bits per heavy atom. The summed E-state index contributed by atoms with van der Waals surface area (Å²) in [5.74, 6) is -2.54. The van der Waals surface area contributed by atoms with Gasteiger partial charge in [-0.1, -0.05) is 60.5 Å². The molecular weight excluding hydrogens is 298 g/mol. The topological polar surface area (TPSA) is 40.5 Å². The van der Waals surface area contributed by atoms with E-state index in [9.17, 15) is 9.90 Å². The van der Waals surface area contributed by atoms with E-state index in [2.05, 4.69) is 0 Å². The SMILES string of the molecule is [2H]c1c([2H])c([2H])c(-c2cccc3c2C(C(=O)O)c2ccccc2N3C([2H])([2H])[2H])c([2H])c1[2H]. The van der Waals surface area contributed by atoms with Crippen molar-refractivity contribution in [3.05, 3.63) is 83.8 Å². The van der Waals surface area contributed by atoms with Crippen LogP contribution in [0.2, 0.25) is 0 Å². The van der Waals surface area contributed by atoms with E-state index in [1.165, 1.54) is 30.3 Å². The summed E-state index contributed by atoms with van der Waals surface area (Å²) in [6.45, 7) is -2.66. The minimum atomic E-state index is -2.66. The number of nitrogens with zero attached hydrogens (tertiary/aromatic N) is 1. The van der Waals surface area contributed by atoms with E-state index in [-0.39, 0.29) is 33.6 Å². The van der Waals surface area contributed by atoms with Gasteiger partial charge < -0.3 is 10.0 Å². The number of rotatable bonds is 2. The molecule has 3 aromatic rings. The van der Waals surface area contributed by atoms with E-state index in [0.717, 1.165) is 4.90 Å². The standard InChI is InChI=1S/C21H17NO2/c1-22-17-12-6-5-10-16(17)20(21(23)24)19-15(11-7-13-18(19)22)14-8-3-2-4-9-14/h2-13,20H,1H3,(H,23,24)/i1D3,2D,3D,4D,8D,9D. The second-order valence-corrected chi connectivity index (χ2v) is 5.40. The first kappa shape index (κ1) is 8.15. The Hall–Kier alpha value is -3.07. The fourth-order valence-electron chi connectivity index (χ4n) is 3.13. The highest BCUT2D eigenvalue weighted by molar-refractivity contribution is 5.94. The highest BCUT2D eigenvalue weighted by Gasteiger charge is 2.35. The van der Waals surface area contributed by atoms with E-state index < -0.39 is 49.1 Å². The summed E-state index contributed by atoms with van der Waals surface area (Å²) in [5.41, 5.74) is 0.502. The summed E-state index contributed by atoms with van der Waals surface area (Å²) in [6, 6.07) is 7.99. The largest absolute Gasteiger partial charge is 0.481 e. The number of anilines is 2. The second-order valence-electron chi connectivity index (χ2n) is 5.40. The molecule has 0 radical (unpaired) electrons. The van der Waals surface area contributed by atoms with Crippen LogP contribution in [-0.2, 0) is 4.79 Å². The normalized spacial score (nSPS) is 20.8. The maximum absolute atomic E-state index is 12.4. The summed E-state index contributed by atoms with van der Waals surface area (Å²) in [6.07, 6.45) is 0. The van der Waals surface area contributed by atoms with Crippen LogP contribution in [0.1, 0.15) is 28.0 Å². The van der Waals surface area contributed by atoms with Crippen LogP contribution in [0.3, 0.4) is 0 Å². The first-order valence-corrected chi connectivity index (χ1v) is 7.29. The van der Waals surface area contributed by atoms with Gasteiger partial charge in [0.25, 0.3) is 0 Å². The first-order valence-electron chi connectivity index (χ1n) is 11.3. The number of hydrogen-bond donors (Lipinski definition) is 1. The molecule has 0 amide bonds. The third-order valence-electron chi connectivity index (χ3n) is 4.12. The van der Waals surface area contributed by atoms with Gasteiger partial charge in [-0.2, -0.15) is 0 Å². The molecule has 0 aromatic heterocycles. The van der Waals surface area contributed by atoms with Crippen molar-refractivity contribution in [3.8, 4) is 11.1 Å². The number of carboxylic acid groups (broad SMARTS) is 1. The molecule has 1 atom stereocenters. The zero-order chi connectivity index (χ0) is 23.5. The number of carbonyl (C=O) groups is 1. The number of aliphatic carboxylic acids is 1. The molecule has 3 aromatic carbocycles. The van der Waals surface area contributed by atoms with Crippen LogP contribution in [0.4, 0.5) is 11.4 Å². The minimum Gasteiger partial charge on any atom is -0.481 e. The van der Waals surface area contributed by atoms with Crippen molar-refractivity contribution in [2.45, 2.75) is 5.92 Å². The fourth-order valence-corrected chi connectivity index (χ4v) is 3.13. The Kier molecular flexibility index (Phi) is 1.88. The molecule has 24 heavy (non-hydrogen) atoms. The molecule has 1 aliphatic heterocycles. The summed E-state index contributed by atoms with van der Waals surface area (Å²) in [5, 5.41) is 10.1. The quantitative estimate of drug-likeness (QED) is 0.746. The van der Waals surface area contributed by atoms with Crippen molar-refractivity contribution in [1.29, 1.82) is 0 Å². The molecule has 0 aliphatic carbocycles. The number of hydrogen-bond acceptors (Lipinski definition) is 2. The number of benzene rings is 3. The lowest BCUT2D eigenvalue weighted by Gasteiger charge is -2.35. The summed E-state index contributed by atoms with van der Waals surface area (Å²) >= 11 is 0. The zero-order valence-corrected chi connectivity index (χ0v) is 12.4. The average Bonchev–Trinajstić information content (AvgIpc) is 2.73. The molecule has 0 spiro atoms. The van der Waals surface area contributed by atoms with Crippen molar-refractivity contribution in [2.75, 3.05) is 11.9 Å². The lowest BCUT2D eigenvalue weighted by atomic mass is 9.81. The molecule has 118 valence electrons. The molecule has 3 nitrogen and oxygen atoms in total. The van der Waals surface area contributed by atoms with Crippen LogP contribution >= 0.6 is 0 Å². The van der Waals surface area contributed by atoms with Crippen LogP contribution in [0.15, 0.2) is 72.7 Å². The number of carboxylic acids is 1. The molecule has 0 saturated heterocycles. The van der Waals surface area contributed by atoms with Crippen molar-refractivity contribution >= 4 is 17.3 Å². The summed E-state index contributed by atoms with van der Waals surface area (Å²) < 4.78 is 64.7. The van der Waals surface area contributed by atoms with Crippen molar-refractivity contribution in [1.82, 2.24) is 0 Å². The second kappa shape index (κ2) is 5.53. The predicted octanol–water partition coefficient (Wildman–Crippen LogP) is 4.65. The highest BCUT2D eigenvalue weighted by atomic mass is 16.4. The van der Waals surface area contributed by atoms with Gasteiger partial charge in [-0.05, 0) is 28.8 Å². The molecule has 1 heterocycles. The molecular formula is C21H17NO2. The van der Waals surface area contributed by atoms with Gasteiger partial charge in [0, 0.05) is 28.0 Å². The molecule has 3 heteroatoms. The van der Waals surface area contributed by atoms with E-state index in [1.807, 2.05) is 0 Å². The van der Waals surface area contributed by atoms with Crippen molar-refractivity contribution < 1.29 is 20.9 Å². The van der Waals surface area contributed by atoms with Gasteiger partial charge in [-0.15, -0.1) is 0 Å². The lowest BCUT2D eigenvalue weighted by molar-refractivity contribution is -0.137. The third-order valence-corrected chi connectivity index (χ3v) is 4.12. The maximum Gasteiger partial charge on any atom is 0.315 e. The van der Waals surface area contributed by atoms with Crippen LogP contribution in [0.25, 0.3) is 11.1 Å². The van der Waals surface area contributed by atoms with Crippen LogP contribution in [0, 0.1) is 0 Å². The molecule has 0 saturated carbocycles. The van der Waals surface area contributed by atoms with Crippen molar-refractivity contribution in [2.24, 2.45) is 0 Å². The Morgan fingerprint density at radius 2 is 1.83 bits per heavy atom. The smallest absolute Gasteiger partial charge is 0.315 e. The van der Waals surface area contributed by atoms with Gasteiger partial charge in [0.05, 0.1) is 6.85 Å². The maximum atomic E-state index is 12.4. The van der Waals surface area contributed by atoms with Crippen LogP contribution in [0.5, 0.6) is 0 Å². The number of para-hydroxylation sites is 1. The van der Waals surface area contributed by atoms with Gasteiger partial charge in [0.1, 0.15) is 5.92 Å². The van der Waals surface area contributed by atoms with E-state index in [1.54, 1.807) is 12.1 Å².